The molecule has 2 saturated heterocycles. The topological polar surface area (TPSA) is 45.3 Å². The Morgan fingerprint density at radius 2 is 1.69 bits per heavy atom. The molecule has 2 heterocycles. The number of hydrogen-bond acceptors (Lipinski definition) is 3. The molecule has 2 fully saturated rings. The summed E-state index contributed by atoms with van der Waals surface area (Å²) in [6, 6.07) is 8.07. The van der Waals surface area contributed by atoms with Gasteiger partial charge in [-0.3, -0.25) is 4.90 Å². The number of anilines is 1. The maximum absolute atomic E-state index is 13.8. The molecule has 32 heavy (non-hydrogen) atoms. The molecule has 0 spiro atoms. The lowest BCUT2D eigenvalue weighted by atomic mass is 10.1. The third-order valence-corrected chi connectivity index (χ3v) is 5.14. The predicted octanol–water partition coefficient (Wildman–Crippen LogP) is 4.94. The molecule has 2 aliphatic rings. The third-order valence-electron chi connectivity index (χ3n) is 5.14. The molecule has 2 aliphatic heterocycles. The minimum Gasteiger partial charge on any atom is -0.486 e. The summed E-state index contributed by atoms with van der Waals surface area (Å²) in [5, 5.41) is 0. The largest absolute Gasteiger partial charge is 0.486 e. The number of hydrogen-bond donors (Lipinski definition) is 0. The Labute approximate surface area is 179 Å². The van der Waals surface area contributed by atoms with E-state index in [0.29, 0.717) is 18.2 Å². The van der Waals surface area contributed by atoms with Gasteiger partial charge in [0.1, 0.15) is 12.2 Å². The van der Waals surface area contributed by atoms with Gasteiger partial charge in [0.05, 0.1) is 30.5 Å². The lowest BCUT2D eigenvalue weighted by Gasteiger charge is -2.25. The van der Waals surface area contributed by atoms with E-state index in [1.807, 2.05) is 0 Å². The number of rotatable bonds is 6. The highest BCUT2D eigenvalue weighted by molar-refractivity contribution is 5.96. The number of carbonyl (C=O) groups excluding carboxylic acids is 1. The van der Waals surface area contributed by atoms with Gasteiger partial charge < -0.3 is 14.4 Å². The number of nitrogens with zero attached hydrogens (tertiary/aromatic N) is 2. The van der Waals surface area contributed by atoms with Crippen LogP contribution < -0.4 is 9.64 Å². The lowest BCUT2D eigenvalue weighted by molar-refractivity contribution is -0.143. The molecule has 0 N–H and O–H groups in total. The molecule has 0 bridgehead atoms. The van der Waals surface area contributed by atoms with Crippen molar-refractivity contribution in [2.45, 2.75) is 25.1 Å². The molecule has 0 aromatic heterocycles. The van der Waals surface area contributed by atoms with Gasteiger partial charge in [0, 0.05) is 13.1 Å². The minimum atomic E-state index is -5.13. The van der Waals surface area contributed by atoms with Crippen LogP contribution in [0.5, 0.6) is 5.75 Å². The van der Waals surface area contributed by atoms with Gasteiger partial charge in [-0.2, -0.15) is 26.3 Å². The first-order valence-corrected chi connectivity index (χ1v) is 9.71. The fourth-order valence-electron chi connectivity index (χ4n) is 3.46. The Kier molecular flexibility index (Phi) is 5.70. The Balaban J connectivity index is 1.76. The minimum absolute atomic E-state index is 0.0141. The predicted molar refractivity (Wildman–Crippen MR) is 101 cm³/mol. The van der Waals surface area contributed by atoms with Crippen molar-refractivity contribution >= 4 is 11.7 Å². The third kappa shape index (κ3) is 4.77. The first kappa shape index (κ1) is 22.3. The zero-order valence-corrected chi connectivity index (χ0v) is 16.5. The van der Waals surface area contributed by atoms with Gasteiger partial charge in [0.25, 0.3) is 0 Å². The van der Waals surface area contributed by atoms with Crippen LogP contribution in [0.2, 0.25) is 0 Å². The van der Waals surface area contributed by atoms with E-state index in [1.165, 1.54) is 4.90 Å². The molecule has 2 aromatic carbocycles. The zero-order valence-electron chi connectivity index (χ0n) is 16.5. The van der Waals surface area contributed by atoms with Gasteiger partial charge in [-0.25, -0.2) is 4.79 Å². The van der Waals surface area contributed by atoms with Crippen molar-refractivity contribution in [2.75, 3.05) is 31.1 Å². The monoisotopic (exact) mass is 460 g/mol. The van der Waals surface area contributed by atoms with Crippen LogP contribution in [0.3, 0.4) is 0 Å². The van der Waals surface area contributed by atoms with Gasteiger partial charge in [-0.05, 0) is 17.7 Å². The van der Waals surface area contributed by atoms with E-state index < -0.39 is 40.9 Å². The SMILES string of the molecule is O=C1N(CC2CO2)CCN1c1cc(C(F)(F)F)cc(C(F)(F)F)c1OCc1ccccc1. The van der Waals surface area contributed by atoms with Crippen LogP contribution >= 0.6 is 0 Å². The van der Waals surface area contributed by atoms with Gasteiger partial charge in [-0.1, -0.05) is 30.3 Å². The number of epoxide rings is 1. The molecule has 0 aliphatic carbocycles. The molecular formula is C21H18F6N2O3. The second-order valence-corrected chi connectivity index (χ2v) is 7.48. The number of alkyl halides is 6. The smallest absolute Gasteiger partial charge is 0.420 e. The summed E-state index contributed by atoms with van der Waals surface area (Å²) >= 11 is 0. The summed E-state index contributed by atoms with van der Waals surface area (Å²) in [6.45, 7) is 0.432. The fraction of sp³-hybridized carbons (Fsp3) is 0.381. The molecular weight excluding hydrogens is 442 g/mol. The summed E-state index contributed by atoms with van der Waals surface area (Å²) in [6.07, 6.45) is -10.3. The van der Waals surface area contributed by atoms with Crippen LogP contribution in [0.4, 0.5) is 36.8 Å². The maximum atomic E-state index is 13.8. The van der Waals surface area contributed by atoms with E-state index in [1.54, 1.807) is 30.3 Å². The summed E-state index contributed by atoms with van der Waals surface area (Å²) in [5.74, 6) is -0.813. The van der Waals surface area contributed by atoms with Crippen LogP contribution in [-0.4, -0.2) is 43.3 Å². The highest BCUT2D eigenvalue weighted by Crippen LogP contribution is 2.47. The molecule has 1 atom stereocenters. The van der Waals surface area contributed by atoms with Crippen LogP contribution in [0.15, 0.2) is 42.5 Å². The highest BCUT2D eigenvalue weighted by Gasteiger charge is 2.43. The Bertz CT molecular complexity index is 990. The van der Waals surface area contributed by atoms with E-state index in [-0.39, 0.29) is 38.4 Å². The Morgan fingerprint density at radius 1 is 1.00 bits per heavy atom. The van der Waals surface area contributed by atoms with Gasteiger partial charge in [0.2, 0.25) is 0 Å². The van der Waals surface area contributed by atoms with Gasteiger partial charge in [0.15, 0.2) is 5.75 Å². The molecule has 4 rings (SSSR count). The molecule has 0 saturated carbocycles. The quantitative estimate of drug-likeness (QED) is 0.453. The van der Waals surface area contributed by atoms with Crippen molar-refractivity contribution in [3.05, 3.63) is 59.2 Å². The molecule has 5 nitrogen and oxygen atoms in total. The maximum Gasteiger partial charge on any atom is 0.420 e. The van der Waals surface area contributed by atoms with Gasteiger partial charge >= 0.3 is 18.4 Å². The normalized spacial score (nSPS) is 18.9. The van der Waals surface area contributed by atoms with Crippen LogP contribution in [0.1, 0.15) is 16.7 Å². The number of carbonyl (C=O) groups is 1. The van der Waals surface area contributed by atoms with Crippen molar-refractivity contribution in [3.63, 3.8) is 0 Å². The van der Waals surface area contributed by atoms with Crippen LogP contribution in [0.25, 0.3) is 0 Å². The second kappa shape index (κ2) is 8.19. The Morgan fingerprint density at radius 3 is 2.28 bits per heavy atom. The molecule has 11 heteroatoms. The number of ether oxygens (including phenoxy) is 2. The molecule has 2 aromatic rings. The van der Waals surface area contributed by atoms with E-state index in [0.717, 1.165) is 4.90 Å². The fourth-order valence-corrected chi connectivity index (χ4v) is 3.46. The number of benzene rings is 2. The molecule has 1 unspecified atom stereocenters. The number of urea groups is 1. The van der Waals surface area contributed by atoms with E-state index >= 15 is 0 Å². The standard InChI is InChI=1S/C21H18F6N2O3/c22-20(23,24)14-8-16(21(25,26)27)18(32-11-13-4-2-1-3-5-13)17(9-14)29-7-6-28(19(29)30)10-15-12-31-15/h1-5,8-9,15H,6-7,10-12H2. The second-order valence-electron chi connectivity index (χ2n) is 7.48. The van der Waals surface area contributed by atoms with Crippen LogP contribution in [-0.2, 0) is 23.7 Å². The van der Waals surface area contributed by atoms with E-state index in [4.69, 9.17) is 9.47 Å². The molecule has 2 amide bonds. The summed E-state index contributed by atoms with van der Waals surface area (Å²) in [4.78, 5) is 15.0. The van der Waals surface area contributed by atoms with E-state index in [9.17, 15) is 31.1 Å². The van der Waals surface area contributed by atoms with Crippen LogP contribution in [0, 0.1) is 0 Å². The summed E-state index contributed by atoms with van der Waals surface area (Å²) in [7, 11) is 0. The van der Waals surface area contributed by atoms with Gasteiger partial charge in [-0.15, -0.1) is 0 Å². The van der Waals surface area contributed by atoms with Crippen molar-refractivity contribution < 1.29 is 40.6 Å². The average molecular weight is 460 g/mol. The highest BCUT2D eigenvalue weighted by atomic mass is 19.4. The van der Waals surface area contributed by atoms with E-state index in [2.05, 4.69) is 0 Å². The van der Waals surface area contributed by atoms with Crippen molar-refractivity contribution in [3.8, 4) is 5.75 Å². The van der Waals surface area contributed by atoms with Crippen molar-refractivity contribution in [2.24, 2.45) is 0 Å². The zero-order chi connectivity index (χ0) is 23.1. The number of amides is 2. The summed E-state index contributed by atoms with van der Waals surface area (Å²) < 4.78 is 92.1. The molecule has 0 radical (unpaired) electrons. The number of halogens is 6. The first-order valence-electron chi connectivity index (χ1n) is 9.71. The molecule has 172 valence electrons. The first-order chi connectivity index (χ1) is 15.0. The lowest BCUT2D eigenvalue weighted by Crippen LogP contribution is -2.34. The van der Waals surface area contributed by atoms with Crippen molar-refractivity contribution in [1.82, 2.24) is 4.90 Å². The average Bonchev–Trinajstić information content (AvgIpc) is 3.47. The van der Waals surface area contributed by atoms with Crippen molar-refractivity contribution in [1.29, 1.82) is 0 Å². The Hall–Kier alpha value is -2.95. The summed E-state index contributed by atoms with van der Waals surface area (Å²) in [5.41, 5.74) is -3.14.